The van der Waals surface area contributed by atoms with Crippen LogP contribution in [0, 0.1) is 28.1 Å². The predicted molar refractivity (Wildman–Crippen MR) is 274 cm³/mol. The van der Waals surface area contributed by atoms with E-state index in [1.165, 1.54) is 6.92 Å². The molecule has 7 amide bonds. The summed E-state index contributed by atoms with van der Waals surface area (Å²) in [7, 11) is 0. The number of aliphatic carboxylic acids is 1. The summed E-state index contributed by atoms with van der Waals surface area (Å²) in [4.78, 5) is 111. The van der Waals surface area contributed by atoms with Gasteiger partial charge in [0.05, 0.1) is 12.6 Å². The Morgan fingerprint density at radius 2 is 1.07 bits per heavy atom. The molecule has 27 nitrogen and oxygen atoms in total. The minimum atomic E-state index is -1.39. The van der Waals surface area contributed by atoms with Crippen LogP contribution in [-0.2, 0) is 44.8 Å². The van der Waals surface area contributed by atoms with Crippen molar-refractivity contribution in [2.45, 2.75) is 135 Å². The lowest BCUT2D eigenvalue weighted by atomic mass is 9.97. The van der Waals surface area contributed by atoms with Gasteiger partial charge < -0.3 is 86.2 Å². The van der Waals surface area contributed by atoms with Crippen molar-refractivity contribution in [3.8, 4) is 0 Å². The van der Waals surface area contributed by atoms with Crippen LogP contribution in [0.25, 0.3) is 10.9 Å². The third kappa shape index (κ3) is 22.9. The first-order chi connectivity index (χ1) is 34.4. The molecule has 27 heteroatoms. The molecule has 1 aromatic carbocycles. The molecule has 2 rings (SSSR count). The normalized spacial score (nSPS) is 14.3. The fourth-order valence-corrected chi connectivity index (χ4v) is 7.41. The minimum Gasteiger partial charge on any atom is -0.480 e. The third-order valence-electron chi connectivity index (χ3n) is 11.6. The number of aromatic nitrogens is 1. The largest absolute Gasteiger partial charge is 0.480 e. The maximum absolute atomic E-state index is 14.1. The van der Waals surface area contributed by atoms with Gasteiger partial charge in [-0.1, -0.05) is 52.3 Å². The van der Waals surface area contributed by atoms with Crippen molar-refractivity contribution in [3.63, 3.8) is 0 Å². The molecule has 0 radical (unpaired) electrons. The molecule has 1 aromatic heterocycles. The Bertz CT molecular complexity index is 2220. The number of nitrogens with one attached hydrogen (secondary N) is 14. The van der Waals surface area contributed by atoms with Gasteiger partial charge in [-0.05, 0) is 75.3 Å². The Morgan fingerprint density at radius 1 is 0.603 bits per heavy atom. The molecule has 0 aliphatic rings. The maximum atomic E-state index is 14.1. The van der Waals surface area contributed by atoms with Gasteiger partial charge in [-0.3, -0.25) is 49.8 Å². The number of nitrogens with two attached hydrogens (primary N) is 4. The highest BCUT2D eigenvalue weighted by atomic mass is 16.4. The van der Waals surface area contributed by atoms with Gasteiger partial charge in [0.1, 0.15) is 36.3 Å². The van der Waals surface area contributed by atoms with Crippen molar-refractivity contribution in [3.05, 3.63) is 36.0 Å². The molecule has 0 aliphatic heterocycles. The van der Waals surface area contributed by atoms with Crippen molar-refractivity contribution < 1.29 is 43.5 Å². The number of hydrogen-bond acceptors (Lipinski definition) is 12. The quantitative estimate of drug-likeness (QED) is 0.0193. The van der Waals surface area contributed by atoms with Crippen molar-refractivity contribution in [1.29, 1.82) is 16.2 Å². The van der Waals surface area contributed by atoms with E-state index in [-0.39, 0.29) is 94.8 Å². The molecule has 0 spiro atoms. The lowest BCUT2D eigenvalue weighted by molar-refractivity contribution is -0.142. The second-order valence-corrected chi connectivity index (χ2v) is 18.2. The van der Waals surface area contributed by atoms with Crippen LogP contribution in [0.4, 0.5) is 0 Å². The van der Waals surface area contributed by atoms with Crippen LogP contribution in [0.15, 0.2) is 30.5 Å². The van der Waals surface area contributed by atoms with Gasteiger partial charge in [-0.25, -0.2) is 4.79 Å². The lowest BCUT2D eigenvalue weighted by Crippen LogP contribution is -2.59. The number of aromatic amines is 1. The fourth-order valence-electron chi connectivity index (χ4n) is 7.41. The van der Waals surface area contributed by atoms with E-state index in [0.717, 1.165) is 16.5 Å². The SMILES string of the molecule is CC[C@H](C)[C@H](NC(=O)[C@H](Cc1c[nH]c2ccccc12)NC(=O)[C@H](C)N)C(=O)NCC(=O)N[C@@H](CC(C)C)C(=O)N[C@@H](CCCNC(=N)N)C(=O)N[C@@H](CCCNC(=N)N)C(=O)N[C@@H](CCCNC(=N)N)C(=O)O. The van der Waals surface area contributed by atoms with E-state index >= 15 is 0 Å². The second kappa shape index (κ2) is 31.6. The van der Waals surface area contributed by atoms with Crippen molar-refractivity contribution >= 4 is 76.1 Å². The van der Waals surface area contributed by atoms with E-state index in [0.29, 0.717) is 6.42 Å². The molecule has 0 unspecified atom stereocenters. The number of carbonyl (C=O) groups is 8. The molecule has 0 aliphatic carbocycles. The van der Waals surface area contributed by atoms with Crippen molar-refractivity contribution in [2.24, 2.45) is 34.8 Å². The number of guanidine groups is 3. The fraction of sp³-hybridized carbons (Fsp3) is 0.587. The van der Waals surface area contributed by atoms with Crippen LogP contribution >= 0.6 is 0 Å². The number of carboxylic acid groups (broad SMARTS) is 1. The number of H-pyrrole nitrogens is 1. The summed E-state index contributed by atoms with van der Waals surface area (Å²) in [6, 6.07) is -1.12. The zero-order valence-electron chi connectivity index (χ0n) is 42.3. The molecule has 0 saturated carbocycles. The molecule has 406 valence electrons. The zero-order chi connectivity index (χ0) is 54.8. The van der Waals surface area contributed by atoms with E-state index in [9.17, 15) is 43.5 Å². The van der Waals surface area contributed by atoms with Gasteiger partial charge in [-0.2, -0.15) is 0 Å². The summed E-state index contributed by atoms with van der Waals surface area (Å²) < 4.78 is 0. The Hall–Kier alpha value is -7.71. The summed E-state index contributed by atoms with van der Waals surface area (Å²) in [5.74, 6) is -8.19. The highest BCUT2D eigenvalue weighted by Gasteiger charge is 2.34. The summed E-state index contributed by atoms with van der Waals surface area (Å²) >= 11 is 0. The predicted octanol–water partition coefficient (Wildman–Crippen LogP) is -2.95. The highest BCUT2D eigenvalue weighted by Crippen LogP contribution is 2.20. The molecule has 1 heterocycles. The average Bonchev–Trinajstić information content (AvgIpc) is 3.73. The van der Waals surface area contributed by atoms with E-state index in [1.807, 2.05) is 31.2 Å². The van der Waals surface area contributed by atoms with Gasteiger partial charge in [-0.15, -0.1) is 0 Å². The second-order valence-electron chi connectivity index (χ2n) is 18.2. The monoisotopic (exact) mass is 1030 g/mol. The molecule has 0 saturated heterocycles. The van der Waals surface area contributed by atoms with Crippen LogP contribution < -0.4 is 76.1 Å². The molecule has 0 bridgehead atoms. The highest BCUT2D eigenvalue weighted by molar-refractivity contribution is 5.97. The summed E-state index contributed by atoms with van der Waals surface area (Å²) in [5.41, 5.74) is 23.5. The first-order valence-corrected chi connectivity index (χ1v) is 24.3. The Labute approximate surface area is 424 Å². The number of fused-ring (bicyclic) bond motifs is 1. The standard InChI is InChI=1S/C46H78N18O9/c1-6-25(4)36(64-41(70)34(63-37(66)26(5)47)21-27-22-57-29-13-8-7-12-28(27)29)42(71)58-23-35(65)59-33(20-24(2)3)40(69)61-30(14-9-17-54-44(48)49)38(67)60-31(15-10-18-55-45(50)51)39(68)62-32(43(72)73)16-11-19-56-46(52)53/h7-8,12-13,22,24-26,30-34,36,57H,6,9-11,14-21,23,47H2,1-5H3,(H,58,71)(H,59,65)(H,60,67)(H,61,69)(H,62,68)(H,63,66)(H,64,70)(H,72,73)(H4,48,49,54)(H4,50,51,55)(H4,52,53,56)/t25-,26-,30-,31-,32-,33-,34-,36-/m0/s1. The van der Waals surface area contributed by atoms with Crippen LogP contribution in [0.1, 0.15) is 91.5 Å². The van der Waals surface area contributed by atoms with Gasteiger partial charge in [0.2, 0.25) is 41.4 Å². The zero-order valence-corrected chi connectivity index (χ0v) is 42.3. The molecule has 23 N–H and O–H groups in total. The first-order valence-electron chi connectivity index (χ1n) is 24.3. The van der Waals surface area contributed by atoms with E-state index < -0.39 is 102 Å². The average molecular weight is 1030 g/mol. The molecule has 2 aromatic rings. The number of amides is 7. The lowest BCUT2D eigenvalue weighted by Gasteiger charge is -2.27. The molecular weight excluding hydrogens is 949 g/mol. The first kappa shape index (κ1) is 61.4. The van der Waals surface area contributed by atoms with Crippen LogP contribution in [0.2, 0.25) is 0 Å². The molecule has 8 atom stereocenters. The number of benzene rings is 1. The smallest absolute Gasteiger partial charge is 0.326 e. The van der Waals surface area contributed by atoms with Crippen LogP contribution in [0.3, 0.4) is 0 Å². The molecule has 0 fully saturated rings. The Kier molecular flexibility index (Phi) is 26.6. The minimum absolute atomic E-state index is 0.0547. The number of hydrogen-bond donors (Lipinski definition) is 19. The van der Waals surface area contributed by atoms with Crippen LogP contribution in [0.5, 0.6) is 0 Å². The topological polar surface area (TPSA) is 469 Å². The molecular formula is C46H78N18O9. The Morgan fingerprint density at radius 3 is 1.55 bits per heavy atom. The number of rotatable bonds is 33. The van der Waals surface area contributed by atoms with Crippen LogP contribution in [-0.4, -0.2) is 144 Å². The van der Waals surface area contributed by atoms with Crippen molar-refractivity contribution in [2.75, 3.05) is 26.2 Å². The summed E-state index contributed by atoms with van der Waals surface area (Å²) in [5, 5.41) is 59.0. The van der Waals surface area contributed by atoms with E-state index in [2.05, 4.69) is 58.2 Å². The summed E-state index contributed by atoms with van der Waals surface area (Å²) in [6.45, 7) is 8.38. The number of para-hydroxylation sites is 1. The number of carbonyl (C=O) groups excluding carboxylic acids is 7. The van der Waals surface area contributed by atoms with Gasteiger partial charge >= 0.3 is 5.97 Å². The van der Waals surface area contributed by atoms with E-state index in [1.54, 1.807) is 27.0 Å². The van der Waals surface area contributed by atoms with Gasteiger partial charge in [0.25, 0.3) is 0 Å². The van der Waals surface area contributed by atoms with Crippen molar-refractivity contribution in [1.82, 2.24) is 58.2 Å². The van der Waals surface area contributed by atoms with Gasteiger partial charge in [0, 0.05) is 43.2 Å². The molecule has 73 heavy (non-hydrogen) atoms. The van der Waals surface area contributed by atoms with Gasteiger partial charge in [0.15, 0.2) is 17.9 Å². The third-order valence-corrected chi connectivity index (χ3v) is 11.6. The van der Waals surface area contributed by atoms with E-state index in [4.69, 9.17) is 39.2 Å². The Balaban J connectivity index is 2.30. The maximum Gasteiger partial charge on any atom is 0.326 e. The number of carboxylic acids is 1. The summed E-state index contributed by atoms with van der Waals surface area (Å²) in [6.07, 6.45) is 2.71.